The normalized spacial score (nSPS) is 19.1. The first-order valence-corrected chi connectivity index (χ1v) is 13.2. The van der Waals surface area contributed by atoms with Crippen molar-refractivity contribution in [3.63, 3.8) is 0 Å². The van der Waals surface area contributed by atoms with Crippen molar-refractivity contribution in [2.75, 3.05) is 32.8 Å². The molecule has 3 aromatic rings. The fourth-order valence-electron chi connectivity index (χ4n) is 4.85. The maximum atomic E-state index is 13.7. The van der Waals surface area contributed by atoms with E-state index >= 15 is 0 Å². The number of carbonyl (C=O) groups is 2. The van der Waals surface area contributed by atoms with Crippen molar-refractivity contribution >= 4 is 23.2 Å². The van der Waals surface area contributed by atoms with Gasteiger partial charge in [-0.1, -0.05) is 18.2 Å². The predicted molar refractivity (Wildman–Crippen MR) is 136 cm³/mol. The van der Waals surface area contributed by atoms with Crippen LogP contribution in [-0.4, -0.2) is 60.6 Å². The van der Waals surface area contributed by atoms with Gasteiger partial charge in [0.25, 0.3) is 5.91 Å². The summed E-state index contributed by atoms with van der Waals surface area (Å²) in [5.41, 5.74) is 1.63. The molecule has 8 heteroatoms. The zero-order valence-electron chi connectivity index (χ0n) is 20.0. The van der Waals surface area contributed by atoms with Crippen LogP contribution in [0.1, 0.15) is 39.7 Å². The van der Waals surface area contributed by atoms with E-state index in [0.29, 0.717) is 31.0 Å². The van der Waals surface area contributed by atoms with Gasteiger partial charge in [0.2, 0.25) is 5.91 Å². The Hall–Kier alpha value is -3.23. The van der Waals surface area contributed by atoms with Crippen LogP contribution in [0.15, 0.2) is 66.0 Å². The van der Waals surface area contributed by atoms with E-state index in [1.165, 1.54) is 17.0 Å². The Balaban J connectivity index is 1.34. The maximum absolute atomic E-state index is 13.7. The summed E-state index contributed by atoms with van der Waals surface area (Å²) in [6.07, 6.45) is 2.54. The van der Waals surface area contributed by atoms with E-state index in [2.05, 4.69) is 0 Å². The van der Waals surface area contributed by atoms with E-state index in [0.717, 1.165) is 24.8 Å². The lowest BCUT2D eigenvalue weighted by Gasteiger charge is -2.37. The molecule has 6 nitrogen and oxygen atoms in total. The van der Waals surface area contributed by atoms with Gasteiger partial charge in [-0.05, 0) is 72.7 Å². The molecule has 2 atom stereocenters. The van der Waals surface area contributed by atoms with Crippen LogP contribution in [0.4, 0.5) is 4.39 Å². The van der Waals surface area contributed by atoms with Gasteiger partial charge in [0, 0.05) is 30.1 Å². The number of hydrogen-bond donors (Lipinski definition) is 0. The van der Waals surface area contributed by atoms with E-state index in [9.17, 15) is 14.0 Å². The molecule has 3 heterocycles. The van der Waals surface area contributed by atoms with Crippen LogP contribution >= 0.6 is 11.3 Å². The van der Waals surface area contributed by atoms with Crippen LogP contribution in [0.5, 0.6) is 5.75 Å². The minimum Gasteiger partial charge on any atom is -0.491 e. The van der Waals surface area contributed by atoms with Gasteiger partial charge in [-0.2, -0.15) is 0 Å². The van der Waals surface area contributed by atoms with Crippen molar-refractivity contribution in [3.8, 4) is 5.75 Å². The summed E-state index contributed by atoms with van der Waals surface area (Å²) in [5, 5.41) is 2.03. The van der Waals surface area contributed by atoms with Crippen LogP contribution in [0.2, 0.25) is 0 Å². The first kappa shape index (κ1) is 24.5. The highest BCUT2D eigenvalue weighted by molar-refractivity contribution is 7.10. The first-order chi connectivity index (χ1) is 17.6. The molecule has 2 amide bonds. The number of benzene rings is 2. The van der Waals surface area contributed by atoms with Gasteiger partial charge in [-0.15, -0.1) is 11.3 Å². The second kappa shape index (κ2) is 11.2. The highest BCUT2D eigenvalue weighted by Gasteiger charge is 2.34. The number of nitrogens with zero attached hydrogens (tertiary/aromatic N) is 2. The van der Waals surface area contributed by atoms with Crippen LogP contribution in [0.25, 0.3) is 0 Å². The van der Waals surface area contributed by atoms with Gasteiger partial charge >= 0.3 is 0 Å². The summed E-state index contributed by atoms with van der Waals surface area (Å²) in [6, 6.07) is 16.7. The molecule has 0 unspecified atom stereocenters. The molecule has 0 aliphatic carbocycles. The zero-order valence-corrected chi connectivity index (χ0v) is 20.8. The van der Waals surface area contributed by atoms with E-state index in [4.69, 9.17) is 9.47 Å². The Kier molecular flexibility index (Phi) is 7.63. The highest BCUT2D eigenvalue weighted by Crippen LogP contribution is 2.34. The average molecular weight is 509 g/mol. The summed E-state index contributed by atoms with van der Waals surface area (Å²) in [7, 11) is 0. The van der Waals surface area contributed by atoms with Crippen molar-refractivity contribution < 1.29 is 23.5 Å². The molecule has 1 fully saturated rings. The van der Waals surface area contributed by atoms with E-state index < -0.39 is 0 Å². The van der Waals surface area contributed by atoms with Crippen LogP contribution in [0, 0.1) is 5.82 Å². The smallest absolute Gasteiger partial charge is 0.254 e. The number of fused-ring (bicyclic) bond motifs is 1. The molecule has 1 aromatic heterocycles. The van der Waals surface area contributed by atoms with Crippen molar-refractivity contribution in [1.82, 2.24) is 9.80 Å². The summed E-state index contributed by atoms with van der Waals surface area (Å²) in [5.74, 6) is -0.0783. The lowest BCUT2D eigenvalue weighted by Crippen LogP contribution is -2.49. The largest absolute Gasteiger partial charge is 0.491 e. The van der Waals surface area contributed by atoms with Gasteiger partial charge in [0.1, 0.15) is 24.7 Å². The molecule has 5 rings (SSSR count). The van der Waals surface area contributed by atoms with Gasteiger partial charge < -0.3 is 19.3 Å². The number of carbonyl (C=O) groups excluding carboxylic acids is 2. The zero-order chi connectivity index (χ0) is 24.9. The lowest BCUT2D eigenvalue weighted by atomic mass is 10.00. The number of amides is 2. The average Bonchev–Trinajstić information content (AvgIpc) is 3.60. The Morgan fingerprint density at radius 2 is 1.92 bits per heavy atom. The molecule has 2 aliphatic rings. The van der Waals surface area contributed by atoms with Gasteiger partial charge in [-0.3, -0.25) is 9.59 Å². The fraction of sp³-hybridized carbons (Fsp3) is 0.357. The van der Waals surface area contributed by atoms with Crippen LogP contribution in [-0.2, 0) is 16.0 Å². The Bertz CT molecular complexity index is 1180. The molecule has 188 valence electrons. The summed E-state index contributed by atoms with van der Waals surface area (Å²) in [4.78, 5) is 31.8. The third-order valence-electron chi connectivity index (χ3n) is 6.72. The van der Waals surface area contributed by atoms with Crippen molar-refractivity contribution in [2.45, 2.75) is 31.4 Å². The first-order valence-electron chi connectivity index (χ1n) is 12.3. The minimum absolute atomic E-state index is 0.0277. The van der Waals surface area contributed by atoms with Crippen molar-refractivity contribution in [3.05, 3.63) is 87.9 Å². The van der Waals surface area contributed by atoms with Crippen LogP contribution < -0.4 is 4.74 Å². The second-order valence-corrected chi connectivity index (χ2v) is 10.1. The summed E-state index contributed by atoms with van der Waals surface area (Å²) in [6.45, 7) is 1.84. The number of thiophene rings is 1. The van der Waals surface area contributed by atoms with Crippen molar-refractivity contribution in [2.24, 2.45) is 0 Å². The highest BCUT2D eigenvalue weighted by atomic mass is 32.1. The number of halogens is 1. The second-order valence-electron chi connectivity index (χ2n) is 9.10. The van der Waals surface area contributed by atoms with E-state index in [-0.39, 0.29) is 42.9 Å². The van der Waals surface area contributed by atoms with Gasteiger partial charge in [-0.25, -0.2) is 4.39 Å². The maximum Gasteiger partial charge on any atom is 0.254 e. The van der Waals surface area contributed by atoms with Crippen molar-refractivity contribution in [1.29, 1.82) is 0 Å². The molecule has 0 spiro atoms. The minimum atomic E-state index is -0.327. The molecular formula is C28H29FN2O4S. The molecule has 0 saturated carbocycles. The van der Waals surface area contributed by atoms with E-state index in [1.54, 1.807) is 40.5 Å². The van der Waals surface area contributed by atoms with Gasteiger partial charge in [0.15, 0.2) is 0 Å². The number of ether oxygens (including phenoxy) is 2. The Morgan fingerprint density at radius 1 is 1.11 bits per heavy atom. The summed E-state index contributed by atoms with van der Waals surface area (Å²) >= 11 is 1.68. The third-order valence-corrected chi connectivity index (χ3v) is 7.72. The van der Waals surface area contributed by atoms with Gasteiger partial charge in [0.05, 0.1) is 12.1 Å². The third kappa shape index (κ3) is 5.60. The predicted octanol–water partition coefficient (Wildman–Crippen LogP) is 4.71. The number of hydrogen-bond acceptors (Lipinski definition) is 5. The summed E-state index contributed by atoms with van der Waals surface area (Å²) < 4.78 is 25.1. The molecule has 2 aliphatic heterocycles. The Labute approximate surface area is 214 Å². The van der Waals surface area contributed by atoms with Crippen LogP contribution in [0.3, 0.4) is 0 Å². The molecule has 0 radical (unpaired) electrons. The standard InChI is InChI=1S/C28H29FN2O4S/c29-21-8-10-22(11-9-21)35-19-25-24-13-16-36-26(24)12-14-31(25)27(32)18-30(17-23-7-4-15-34-23)28(33)20-5-2-1-3-6-20/h1-3,5-6,8-11,13,16,23,25H,4,7,12,14-15,17-19H2/t23-,25-/m1/s1. The SMILES string of the molecule is O=C(c1ccccc1)N(CC(=O)N1CCc2sccc2[C@H]1COc1ccc(F)cc1)C[C@H]1CCCO1. The molecule has 2 aromatic carbocycles. The molecule has 1 saturated heterocycles. The monoisotopic (exact) mass is 508 g/mol. The molecule has 0 bridgehead atoms. The lowest BCUT2D eigenvalue weighted by molar-refractivity contribution is -0.135. The molecule has 0 N–H and O–H groups in total. The molecular weight excluding hydrogens is 479 g/mol. The molecule has 36 heavy (non-hydrogen) atoms. The quantitative estimate of drug-likeness (QED) is 0.442. The topological polar surface area (TPSA) is 59.1 Å². The van der Waals surface area contributed by atoms with E-state index in [1.807, 2.05) is 34.5 Å². The fourth-order valence-corrected chi connectivity index (χ4v) is 5.78. The Morgan fingerprint density at radius 3 is 2.67 bits per heavy atom. The number of rotatable bonds is 8.